The molecule has 0 aromatic heterocycles. The topological polar surface area (TPSA) is 127 Å². The SMILES string of the molecule is O=C1C=CC(=O)N1c1cccc(Oc2ccc(S(=O)(=O)c3ccc(Oc4cccc(N5C(=O)C=CC5=O)c4)cc3)cc2)c1. The second kappa shape index (κ2) is 10.9. The molecule has 2 heterocycles. The number of carbonyl (C=O) groups excluding carboxylic acids is 4. The second-order valence-electron chi connectivity index (χ2n) is 9.34. The van der Waals surface area contributed by atoms with Crippen LogP contribution in [0.25, 0.3) is 0 Å². The Bertz CT molecular complexity index is 1790. The average Bonchev–Trinajstić information content (AvgIpc) is 3.52. The Hall–Kier alpha value is -5.81. The van der Waals surface area contributed by atoms with Crippen molar-refractivity contribution in [2.24, 2.45) is 0 Å². The van der Waals surface area contributed by atoms with E-state index in [0.29, 0.717) is 34.4 Å². The lowest BCUT2D eigenvalue weighted by Gasteiger charge is -2.15. The van der Waals surface area contributed by atoms with Crippen LogP contribution in [-0.4, -0.2) is 32.0 Å². The van der Waals surface area contributed by atoms with E-state index < -0.39 is 33.5 Å². The van der Waals surface area contributed by atoms with Crippen LogP contribution >= 0.6 is 0 Å². The lowest BCUT2D eigenvalue weighted by atomic mass is 10.2. The van der Waals surface area contributed by atoms with Gasteiger partial charge in [-0.25, -0.2) is 18.2 Å². The number of benzene rings is 4. The molecular weight excluding hydrogens is 572 g/mol. The molecule has 10 nitrogen and oxygen atoms in total. The van der Waals surface area contributed by atoms with Gasteiger partial charge in [-0.3, -0.25) is 19.2 Å². The summed E-state index contributed by atoms with van der Waals surface area (Å²) in [6.45, 7) is 0. The van der Waals surface area contributed by atoms with Gasteiger partial charge in [-0.05, 0) is 72.8 Å². The molecule has 4 aromatic rings. The first-order valence-corrected chi connectivity index (χ1v) is 14.3. The first-order chi connectivity index (χ1) is 20.7. The van der Waals surface area contributed by atoms with Gasteiger partial charge in [0.05, 0.1) is 21.2 Å². The van der Waals surface area contributed by atoms with Gasteiger partial charge in [0.2, 0.25) is 9.84 Å². The van der Waals surface area contributed by atoms with Crippen LogP contribution < -0.4 is 19.3 Å². The minimum atomic E-state index is -3.87. The summed E-state index contributed by atoms with van der Waals surface area (Å²) in [7, 11) is -3.87. The zero-order chi connectivity index (χ0) is 30.1. The Morgan fingerprint density at radius 1 is 0.442 bits per heavy atom. The minimum Gasteiger partial charge on any atom is -0.457 e. The van der Waals surface area contributed by atoms with Crippen LogP contribution in [-0.2, 0) is 29.0 Å². The van der Waals surface area contributed by atoms with Crippen molar-refractivity contribution in [3.8, 4) is 23.0 Å². The molecule has 4 amide bonds. The number of carbonyl (C=O) groups is 4. The van der Waals surface area contributed by atoms with Crippen molar-refractivity contribution in [2.75, 3.05) is 9.80 Å². The summed E-state index contributed by atoms with van der Waals surface area (Å²) < 4.78 is 38.1. The smallest absolute Gasteiger partial charge is 0.258 e. The Labute approximate surface area is 245 Å². The minimum absolute atomic E-state index is 0.0443. The summed E-state index contributed by atoms with van der Waals surface area (Å²) in [5, 5.41) is 0. The summed E-state index contributed by atoms with van der Waals surface area (Å²) in [6, 6.07) is 24.5. The normalized spacial score (nSPS) is 14.6. The number of imide groups is 2. The Morgan fingerprint density at radius 2 is 0.791 bits per heavy atom. The number of anilines is 2. The molecule has 43 heavy (non-hydrogen) atoms. The highest BCUT2D eigenvalue weighted by Gasteiger charge is 2.26. The third kappa shape index (κ3) is 5.44. The number of rotatable bonds is 8. The molecule has 0 atom stereocenters. The number of nitrogens with zero attached hydrogens (tertiary/aromatic N) is 2. The third-order valence-electron chi connectivity index (χ3n) is 6.51. The van der Waals surface area contributed by atoms with Crippen LogP contribution in [0.5, 0.6) is 23.0 Å². The van der Waals surface area contributed by atoms with Crippen molar-refractivity contribution in [1.29, 1.82) is 0 Å². The Balaban J connectivity index is 1.13. The fourth-order valence-electron chi connectivity index (χ4n) is 4.46. The third-order valence-corrected chi connectivity index (χ3v) is 8.30. The van der Waals surface area contributed by atoms with E-state index in [1.807, 2.05) is 0 Å². The van der Waals surface area contributed by atoms with Gasteiger partial charge in [0.1, 0.15) is 23.0 Å². The van der Waals surface area contributed by atoms with E-state index in [-0.39, 0.29) is 9.79 Å². The molecule has 0 saturated carbocycles. The quantitative estimate of drug-likeness (QED) is 0.263. The first-order valence-electron chi connectivity index (χ1n) is 12.8. The molecular formula is C32H20N2O8S. The van der Waals surface area contributed by atoms with Gasteiger partial charge in [0, 0.05) is 36.4 Å². The van der Waals surface area contributed by atoms with E-state index in [1.165, 1.54) is 85.0 Å². The highest BCUT2D eigenvalue weighted by molar-refractivity contribution is 7.91. The molecule has 0 N–H and O–H groups in total. The van der Waals surface area contributed by atoms with Gasteiger partial charge < -0.3 is 9.47 Å². The van der Waals surface area contributed by atoms with E-state index in [0.717, 1.165) is 9.80 Å². The van der Waals surface area contributed by atoms with Crippen LogP contribution in [0.4, 0.5) is 11.4 Å². The predicted octanol–water partition coefficient (Wildman–Crippen LogP) is 4.96. The van der Waals surface area contributed by atoms with Gasteiger partial charge in [0.25, 0.3) is 23.6 Å². The standard InChI is InChI=1S/C32H20N2O8S/c35-29-15-16-30(36)33(29)21-3-1-5-25(19-21)41-23-7-11-27(12-8-23)43(39,40)28-13-9-24(10-14-28)42-26-6-2-4-22(20-26)34-31(37)17-18-32(34)38/h1-20H. The molecule has 0 spiro atoms. The highest BCUT2D eigenvalue weighted by atomic mass is 32.2. The molecule has 0 bridgehead atoms. The molecule has 0 fully saturated rings. The summed E-state index contributed by atoms with van der Waals surface area (Å²) in [6.07, 6.45) is 4.76. The molecule has 0 radical (unpaired) electrons. The van der Waals surface area contributed by atoms with Gasteiger partial charge >= 0.3 is 0 Å². The lowest BCUT2D eigenvalue weighted by Crippen LogP contribution is -2.29. The van der Waals surface area contributed by atoms with Crippen LogP contribution in [0.1, 0.15) is 0 Å². The van der Waals surface area contributed by atoms with E-state index in [2.05, 4.69) is 0 Å². The molecule has 11 heteroatoms. The maximum Gasteiger partial charge on any atom is 0.258 e. The first kappa shape index (κ1) is 27.4. The number of amides is 4. The zero-order valence-electron chi connectivity index (χ0n) is 22.1. The van der Waals surface area contributed by atoms with Crippen LogP contribution in [0.15, 0.2) is 131 Å². The van der Waals surface area contributed by atoms with Crippen LogP contribution in [0.3, 0.4) is 0 Å². The summed E-state index contributed by atoms with van der Waals surface area (Å²) in [5.41, 5.74) is 0.705. The van der Waals surface area contributed by atoms with Crippen molar-refractivity contribution in [3.63, 3.8) is 0 Å². The number of hydrogen-bond donors (Lipinski definition) is 0. The van der Waals surface area contributed by atoms with E-state index in [9.17, 15) is 27.6 Å². The fraction of sp³-hybridized carbons (Fsp3) is 0. The largest absolute Gasteiger partial charge is 0.457 e. The number of ether oxygens (including phenoxy) is 2. The molecule has 2 aliphatic heterocycles. The maximum absolute atomic E-state index is 13.2. The Kier molecular flexibility index (Phi) is 6.92. The van der Waals surface area contributed by atoms with Crippen LogP contribution in [0.2, 0.25) is 0 Å². The monoisotopic (exact) mass is 592 g/mol. The highest BCUT2D eigenvalue weighted by Crippen LogP contribution is 2.31. The molecule has 4 aromatic carbocycles. The maximum atomic E-state index is 13.2. The van der Waals surface area contributed by atoms with Crippen LogP contribution in [0, 0.1) is 0 Å². The van der Waals surface area contributed by atoms with Crippen molar-refractivity contribution in [3.05, 3.63) is 121 Å². The number of hydrogen-bond acceptors (Lipinski definition) is 8. The predicted molar refractivity (Wildman–Crippen MR) is 155 cm³/mol. The van der Waals surface area contributed by atoms with E-state index in [1.54, 1.807) is 36.4 Å². The molecule has 0 saturated heterocycles. The molecule has 0 aliphatic carbocycles. The molecule has 212 valence electrons. The van der Waals surface area contributed by atoms with Gasteiger partial charge in [-0.1, -0.05) is 12.1 Å². The van der Waals surface area contributed by atoms with Crippen molar-refractivity contribution in [1.82, 2.24) is 0 Å². The lowest BCUT2D eigenvalue weighted by molar-refractivity contribution is -0.121. The average molecular weight is 593 g/mol. The van der Waals surface area contributed by atoms with Crippen molar-refractivity contribution in [2.45, 2.75) is 9.79 Å². The van der Waals surface area contributed by atoms with Gasteiger partial charge in [-0.15, -0.1) is 0 Å². The fourth-order valence-corrected chi connectivity index (χ4v) is 5.72. The van der Waals surface area contributed by atoms with Gasteiger partial charge in [0.15, 0.2) is 0 Å². The van der Waals surface area contributed by atoms with Gasteiger partial charge in [-0.2, -0.15) is 0 Å². The summed E-state index contributed by atoms with van der Waals surface area (Å²) in [4.78, 5) is 50.0. The zero-order valence-corrected chi connectivity index (χ0v) is 22.9. The van der Waals surface area contributed by atoms with E-state index >= 15 is 0 Å². The molecule has 0 unspecified atom stereocenters. The Morgan fingerprint density at radius 3 is 1.14 bits per heavy atom. The van der Waals surface area contributed by atoms with E-state index in [4.69, 9.17) is 9.47 Å². The van der Waals surface area contributed by atoms with Crippen molar-refractivity contribution >= 4 is 44.8 Å². The molecule has 6 rings (SSSR count). The van der Waals surface area contributed by atoms with Crippen molar-refractivity contribution < 1.29 is 37.1 Å². The molecule has 2 aliphatic rings. The summed E-state index contributed by atoms with van der Waals surface area (Å²) >= 11 is 0. The summed E-state index contributed by atoms with van der Waals surface area (Å²) in [5.74, 6) is -0.367. The number of sulfone groups is 1. The second-order valence-corrected chi connectivity index (χ2v) is 11.3.